The monoisotopic (exact) mass is 422 g/mol. The number of hydrogen-bond acceptors (Lipinski definition) is 2. The van der Waals surface area contributed by atoms with Crippen molar-refractivity contribution >= 4 is 34.1 Å². The van der Waals surface area contributed by atoms with Crippen molar-refractivity contribution in [3.05, 3.63) is 74.0 Å². The molecule has 1 aromatic heterocycles. The molecule has 0 atom stereocenters. The minimum absolute atomic E-state index is 0.0285. The lowest BCUT2D eigenvalue weighted by Crippen LogP contribution is -2.28. The fraction of sp³-hybridized carbons (Fsp3) is 0.238. The molecule has 2 aromatic carbocycles. The molecule has 8 heteroatoms. The average Bonchev–Trinajstić information content (AvgIpc) is 2.59. The van der Waals surface area contributed by atoms with Gasteiger partial charge >= 0.3 is 6.18 Å². The Morgan fingerprint density at radius 3 is 2.41 bits per heavy atom. The number of fused-ring (bicyclic) bond motifs is 1. The van der Waals surface area contributed by atoms with Gasteiger partial charge in [0.05, 0.1) is 21.8 Å². The summed E-state index contributed by atoms with van der Waals surface area (Å²) in [5.41, 5.74) is 1.78. The number of nitrogens with one attached hydrogen (secondary N) is 1. The van der Waals surface area contributed by atoms with E-state index in [-0.39, 0.29) is 22.8 Å². The molecule has 0 aliphatic carbocycles. The van der Waals surface area contributed by atoms with E-state index in [9.17, 15) is 22.8 Å². The van der Waals surface area contributed by atoms with Crippen molar-refractivity contribution in [2.24, 2.45) is 0 Å². The number of carbonyl (C=O) groups is 1. The fourth-order valence-electron chi connectivity index (χ4n) is 3.36. The molecule has 3 aromatic rings. The maximum atomic E-state index is 12.9. The molecule has 0 unspecified atom stereocenters. The third-order valence-corrected chi connectivity index (χ3v) is 4.94. The summed E-state index contributed by atoms with van der Waals surface area (Å²) in [6.45, 7) is 5.23. The summed E-state index contributed by atoms with van der Waals surface area (Å²) in [4.78, 5) is 25.1. The second-order valence-corrected chi connectivity index (χ2v) is 7.38. The van der Waals surface area contributed by atoms with Gasteiger partial charge in [-0.3, -0.25) is 14.2 Å². The summed E-state index contributed by atoms with van der Waals surface area (Å²) in [5, 5.41) is 3.19. The van der Waals surface area contributed by atoms with Crippen molar-refractivity contribution in [2.45, 2.75) is 33.5 Å². The van der Waals surface area contributed by atoms with Gasteiger partial charge in [-0.25, -0.2) is 0 Å². The molecule has 1 N–H and O–H groups in total. The number of hydrogen-bond donors (Lipinski definition) is 1. The van der Waals surface area contributed by atoms with Crippen LogP contribution in [0.4, 0.5) is 18.9 Å². The third kappa shape index (κ3) is 4.29. The van der Waals surface area contributed by atoms with Crippen molar-refractivity contribution in [1.29, 1.82) is 0 Å². The lowest BCUT2D eigenvalue weighted by molar-refractivity contribution is -0.137. The van der Waals surface area contributed by atoms with E-state index in [1.807, 2.05) is 32.9 Å². The van der Waals surface area contributed by atoms with Crippen LogP contribution in [-0.2, 0) is 17.5 Å². The van der Waals surface area contributed by atoms with Crippen LogP contribution in [-0.4, -0.2) is 10.5 Å². The predicted octanol–water partition coefficient (Wildman–Crippen LogP) is 5.24. The van der Waals surface area contributed by atoms with Crippen LogP contribution in [0.5, 0.6) is 0 Å². The number of halogens is 4. The summed E-state index contributed by atoms with van der Waals surface area (Å²) < 4.78 is 40.1. The number of rotatable bonds is 3. The zero-order valence-electron chi connectivity index (χ0n) is 15.9. The van der Waals surface area contributed by atoms with Gasteiger partial charge in [0.1, 0.15) is 6.54 Å². The van der Waals surface area contributed by atoms with E-state index in [0.29, 0.717) is 5.52 Å². The second-order valence-electron chi connectivity index (χ2n) is 6.97. The molecular formula is C21H18ClF3N2O2. The number of amides is 1. The topological polar surface area (TPSA) is 51.1 Å². The normalized spacial score (nSPS) is 11.7. The van der Waals surface area contributed by atoms with Crippen LogP contribution in [0, 0.1) is 20.8 Å². The molecule has 29 heavy (non-hydrogen) atoms. The van der Waals surface area contributed by atoms with Gasteiger partial charge in [-0.1, -0.05) is 23.2 Å². The zero-order chi connectivity index (χ0) is 21.5. The summed E-state index contributed by atoms with van der Waals surface area (Å²) >= 11 is 5.93. The third-order valence-electron chi connectivity index (χ3n) is 4.62. The fourth-order valence-corrected chi connectivity index (χ4v) is 3.52. The van der Waals surface area contributed by atoms with Crippen LogP contribution in [0.1, 0.15) is 22.3 Å². The minimum Gasteiger partial charge on any atom is -0.323 e. The minimum atomic E-state index is -4.57. The lowest BCUT2D eigenvalue weighted by Gasteiger charge is -2.16. The Labute approximate surface area is 169 Å². The van der Waals surface area contributed by atoms with Gasteiger partial charge in [0.2, 0.25) is 5.91 Å². The van der Waals surface area contributed by atoms with Crippen LogP contribution >= 0.6 is 11.6 Å². The quantitative estimate of drug-likeness (QED) is 0.627. The summed E-state index contributed by atoms with van der Waals surface area (Å²) in [5.74, 6) is -0.654. The Kier molecular flexibility index (Phi) is 5.45. The van der Waals surface area contributed by atoms with Gasteiger partial charge in [0.15, 0.2) is 0 Å². The molecule has 3 rings (SSSR count). The largest absolute Gasteiger partial charge is 0.416 e. The number of pyridine rings is 1. The second kappa shape index (κ2) is 7.55. The molecule has 0 aliphatic rings. The number of nitrogens with zero attached hydrogens (tertiary/aromatic N) is 1. The van der Waals surface area contributed by atoms with Crippen LogP contribution in [0.25, 0.3) is 10.9 Å². The molecule has 0 saturated heterocycles. The first kappa shape index (κ1) is 20.9. The van der Waals surface area contributed by atoms with Gasteiger partial charge in [0.25, 0.3) is 5.56 Å². The number of aryl methyl sites for hydroxylation is 3. The van der Waals surface area contributed by atoms with E-state index < -0.39 is 17.6 Å². The lowest BCUT2D eigenvalue weighted by atomic mass is 10.0. The smallest absolute Gasteiger partial charge is 0.323 e. The van der Waals surface area contributed by atoms with Gasteiger partial charge in [-0.05, 0) is 56.2 Å². The molecule has 4 nitrogen and oxygen atoms in total. The van der Waals surface area contributed by atoms with E-state index >= 15 is 0 Å². The molecule has 1 amide bonds. The number of anilines is 1. The molecule has 0 spiro atoms. The van der Waals surface area contributed by atoms with Crippen molar-refractivity contribution in [3.8, 4) is 0 Å². The first-order valence-electron chi connectivity index (χ1n) is 8.75. The van der Waals surface area contributed by atoms with E-state index in [1.165, 1.54) is 10.6 Å². The average molecular weight is 423 g/mol. The highest BCUT2D eigenvalue weighted by Gasteiger charge is 2.31. The highest BCUT2D eigenvalue weighted by molar-refractivity contribution is 6.33. The van der Waals surface area contributed by atoms with E-state index in [1.54, 1.807) is 0 Å². The van der Waals surface area contributed by atoms with Gasteiger partial charge < -0.3 is 5.32 Å². The zero-order valence-corrected chi connectivity index (χ0v) is 16.7. The molecule has 0 bridgehead atoms. The Bertz CT molecular complexity index is 1180. The number of aromatic nitrogens is 1. The Balaban J connectivity index is 1.99. The molecule has 0 aliphatic heterocycles. The maximum Gasteiger partial charge on any atom is 0.416 e. The Morgan fingerprint density at radius 1 is 1.07 bits per heavy atom. The maximum absolute atomic E-state index is 12.9. The SMILES string of the molecule is Cc1cc(C)c2c(c1)c(C)cc(=O)n2CC(=O)Nc1cc(C(F)(F)F)ccc1Cl. The molecule has 0 radical (unpaired) electrons. The van der Waals surface area contributed by atoms with Crippen LogP contribution in [0.15, 0.2) is 41.2 Å². The van der Waals surface area contributed by atoms with Crippen molar-refractivity contribution in [1.82, 2.24) is 4.57 Å². The number of carbonyl (C=O) groups excluding carboxylic acids is 1. The first-order valence-corrected chi connectivity index (χ1v) is 9.13. The van der Waals surface area contributed by atoms with Crippen LogP contribution < -0.4 is 10.9 Å². The predicted molar refractivity (Wildman–Crippen MR) is 108 cm³/mol. The standard InChI is InChI=1S/C21H18ClF3N2O2/c1-11-6-13(3)20-15(7-11)12(2)8-19(29)27(20)10-18(28)26-17-9-14(21(23,24)25)4-5-16(17)22/h4-9H,10H2,1-3H3,(H,26,28). The van der Waals surface area contributed by atoms with Gasteiger partial charge in [0, 0.05) is 11.5 Å². The molecule has 1 heterocycles. The van der Waals surface area contributed by atoms with E-state index in [2.05, 4.69) is 5.32 Å². The van der Waals surface area contributed by atoms with Crippen molar-refractivity contribution < 1.29 is 18.0 Å². The highest BCUT2D eigenvalue weighted by atomic mass is 35.5. The summed E-state index contributed by atoms with van der Waals surface area (Å²) in [6.07, 6.45) is -4.57. The van der Waals surface area contributed by atoms with E-state index in [0.717, 1.165) is 40.3 Å². The molecular weight excluding hydrogens is 405 g/mol. The van der Waals surface area contributed by atoms with Crippen LogP contribution in [0.3, 0.4) is 0 Å². The molecule has 152 valence electrons. The van der Waals surface area contributed by atoms with Crippen molar-refractivity contribution in [3.63, 3.8) is 0 Å². The molecule has 0 saturated carbocycles. The van der Waals surface area contributed by atoms with Crippen molar-refractivity contribution in [2.75, 3.05) is 5.32 Å². The molecule has 0 fully saturated rings. The first-order chi connectivity index (χ1) is 13.5. The highest BCUT2D eigenvalue weighted by Crippen LogP contribution is 2.33. The summed E-state index contributed by atoms with van der Waals surface area (Å²) in [7, 11) is 0. The van der Waals surface area contributed by atoms with Gasteiger partial charge in [-0.2, -0.15) is 13.2 Å². The number of benzene rings is 2. The van der Waals surface area contributed by atoms with Crippen LogP contribution in [0.2, 0.25) is 5.02 Å². The number of alkyl halides is 3. The Hall–Kier alpha value is -2.80. The Morgan fingerprint density at radius 2 is 1.76 bits per heavy atom. The van der Waals surface area contributed by atoms with Gasteiger partial charge in [-0.15, -0.1) is 0 Å². The van der Waals surface area contributed by atoms with E-state index in [4.69, 9.17) is 11.6 Å². The summed E-state index contributed by atoms with van der Waals surface area (Å²) in [6, 6.07) is 7.94.